The highest BCUT2D eigenvalue weighted by molar-refractivity contribution is 5.65. The molecular formula is C21H26N4O2. The minimum absolute atomic E-state index is 0.100. The Kier molecular flexibility index (Phi) is 4.61. The molecule has 0 amide bonds. The predicted molar refractivity (Wildman–Crippen MR) is 104 cm³/mol. The molecule has 27 heavy (non-hydrogen) atoms. The molecule has 0 bridgehead atoms. The van der Waals surface area contributed by atoms with Gasteiger partial charge in [0, 0.05) is 5.92 Å². The van der Waals surface area contributed by atoms with E-state index in [0.29, 0.717) is 12.4 Å². The van der Waals surface area contributed by atoms with E-state index in [1.54, 1.807) is 0 Å². The molecule has 2 aromatic heterocycles. The molecule has 142 valence electrons. The van der Waals surface area contributed by atoms with Crippen molar-refractivity contribution in [3.8, 4) is 0 Å². The number of aromatic nitrogens is 3. The van der Waals surface area contributed by atoms with E-state index in [1.807, 2.05) is 34.8 Å². The number of nitrogens with zero attached hydrogens (tertiary/aromatic N) is 3. The molecule has 1 aliphatic rings. The Morgan fingerprint density at radius 1 is 1.22 bits per heavy atom. The first-order valence-electron chi connectivity index (χ1n) is 9.46. The number of hydrogen-bond acceptors (Lipinski definition) is 5. The number of nitrogens with two attached hydrogens (primary N) is 1. The maximum absolute atomic E-state index is 6.56. The van der Waals surface area contributed by atoms with Crippen LogP contribution in [-0.4, -0.2) is 26.8 Å². The molecular weight excluding hydrogens is 340 g/mol. The lowest BCUT2D eigenvalue weighted by molar-refractivity contribution is -0.106. The van der Waals surface area contributed by atoms with Crippen molar-refractivity contribution in [2.24, 2.45) is 5.92 Å². The fourth-order valence-corrected chi connectivity index (χ4v) is 4.25. The van der Waals surface area contributed by atoms with Crippen molar-refractivity contribution in [3.63, 3.8) is 0 Å². The van der Waals surface area contributed by atoms with Crippen LogP contribution in [0.25, 0.3) is 5.52 Å². The highest BCUT2D eigenvalue weighted by Gasteiger charge is 2.53. The van der Waals surface area contributed by atoms with Crippen molar-refractivity contribution in [1.29, 1.82) is 0 Å². The van der Waals surface area contributed by atoms with Gasteiger partial charge in [-0.2, -0.15) is 5.10 Å². The van der Waals surface area contributed by atoms with E-state index >= 15 is 0 Å². The molecule has 6 heteroatoms. The van der Waals surface area contributed by atoms with E-state index < -0.39 is 5.60 Å². The molecule has 1 fully saturated rings. The van der Waals surface area contributed by atoms with Crippen molar-refractivity contribution in [2.45, 2.75) is 51.6 Å². The van der Waals surface area contributed by atoms with E-state index in [1.165, 1.54) is 6.33 Å². The lowest BCUT2D eigenvalue weighted by Gasteiger charge is -2.31. The number of anilines is 1. The number of hydrogen-bond donors (Lipinski definition) is 1. The zero-order valence-corrected chi connectivity index (χ0v) is 16.0. The summed E-state index contributed by atoms with van der Waals surface area (Å²) in [6.45, 7) is 6.99. The molecule has 4 atom stereocenters. The van der Waals surface area contributed by atoms with Gasteiger partial charge in [0.05, 0.1) is 24.5 Å². The average Bonchev–Trinajstić information content (AvgIpc) is 3.22. The van der Waals surface area contributed by atoms with Crippen LogP contribution in [0.5, 0.6) is 0 Å². The fourth-order valence-electron chi connectivity index (χ4n) is 4.25. The van der Waals surface area contributed by atoms with Crippen molar-refractivity contribution < 1.29 is 9.47 Å². The second-order valence-electron chi connectivity index (χ2n) is 7.41. The van der Waals surface area contributed by atoms with E-state index in [0.717, 1.165) is 23.2 Å². The summed E-state index contributed by atoms with van der Waals surface area (Å²) in [4.78, 5) is 4.08. The molecule has 0 saturated carbocycles. The summed E-state index contributed by atoms with van der Waals surface area (Å²) in [5.41, 5.74) is 8.27. The van der Waals surface area contributed by atoms with Gasteiger partial charge in [-0.25, -0.2) is 9.50 Å². The van der Waals surface area contributed by atoms with Crippen LogP contribution in [0.4, 0.5) is 5.82 Å². The Morgan fingerprint density at radius 3 is 2.74 bits per heavy atom. The molecule has 1 unspecified atom stereocenters. The van der Waals surface area contributed by atoms with Crippen LogP contribution in [-0.2, 0) is 21.7 Å². The first kappa shape index (κ1) is 17.9. The topological polar surface area (TPSA) is 74.7 Å². The highest BCUT2D eigenvalue weighted by atomic mass is 16.6. The summed E-state index contributed by atoms with van der Waals surface area (Å²) in [7, 11) is 0. The zero-order valence-electron chi connectivity index (χ0n) is 16.0. The van der Waals surface area contributed by atoms with Crippen molar-refractivity contribution in [1.82, 2.24) is 14.6 Å². The van der Waals surface area contributed by atoms with Crippen LogP contribution in [0.1, 0.15) is 38.4 Å². The van der Waals surface area contributed by atoms with E-state index in [9.17, 15) is 0 Å². The molecule has 1 aromatic carbocycles. The van der Waals surface area contributed by atoms with Crippen molar-refractivity contribution in [2.75, 3.05) is 5.73 Å². The first-order valence-corrected chi connectivity index (χ1v) is 9.46. The van der Waals surface area contributed by atoms with Gasteiger partial charge in [0.25, 0.3) is 0 Å². The van der Waals surface area contributed by atoms with Crippen molar-refractivity contribution >= 4 is 11.3 Å². The molecule has 2 N–H and O–H groups in total. The summed E-state index contributed by atoms with van der Waals surface area (Å²) in [6, 6.07) is 14.2. The minimum Gasteiger partial charge on any atom is -0.382 e. The quantitative estimate of drug-likeness (QED) is 0.747. The average molecular weight is 366 g/mol. The van der Waals surface area contributed by atoms with E-state index in [-0.39, 0.29) is 18.1 Å². The highest BCUT2D eigenvalue weighted by Crippen LogP contribution is 2.46. The largest absolute Gasteiger partial charge is 0.382 e. The van der Waals surface area contributed by atoms with Gasteiger partial charge in [0.2, 0.25) is 0 Å². The summed E-state index contributed by atoms with van der Waals surface area (Å²) >= 11 is 0. The third kappa shape index (κ3) is 2.99. The lowest BCUT2D eigenvalue weighted by Crippen LogP contribution is -2.39. The molecule has 3 aromatic rings. The second kappa shape index (κ2) is 6.94. The van der Waals surface area contributed by atoms with Crippen LogP contribution in [0, 0.1) is 5.92 Å². The standard InChI is InChI=1S/C21H26N4O2/c1-4-17-14(2)19(26-12-15-8-6-5-7-9-15)21(3,27-17)18-11-10-16-20(22)23-13-24-25(16)18/h5-11,13-14,17,19H,4,12H2,1-3H3,(H2,22,23,24)/t14-,17-,19-,21?/m1/s1. The predicted octanol–water partition coefficient (Wildman–Crippen LogP) is 3.56. The lowest BCUT2D eigenvalue weighted by atomic mass is 9.87. The maximum Gasteiger partial charge on any atom is 0.151 e. The van der Waals surface area contributed by atoms with Gasteiger partial charge in [0.1, 0.15) is 17.4 Å². The van der Waals surface area contributed by atoms with Gasteiger partial charge >= 0.3 is 0 Å². The summed E-state index contributed by atoms with van der Waals surface area (Å²) in [5, 5.41) is 4.41. The monoisotopic (exact) mass is 366 g/mol. The van der Waals surface area contributed by atoms with Gasteiger partial charge < -0.3 is 15.2 Å². The van der Waals surface area contributed by atoms with Crippen LogP contribution in [0.2, 0.25) is 0 Å². The smallest absolute Gasteiger partial charge is 0.151 e. The Balaban J connectivity index is 1.71. The minimum atomic E-state index is -0.623. The number of benzene rings is 1. The SMILES string of the molecule is CC[C@H]1OC(C)(c2ccc3c(N)ncnn23)[C@H](OCc2ccccc2)[C@@H]1C. The summed E-state index contributed by atoms with van der Waals surface area (Å²) in [6.07, 6.45) is 2.44. The molecule has 0 radical (unpaired) electrons. The van der Waals surface area contributed by atoms with E-state index in [4.69, 9.17) is 15.2 Å². The van der Waals surface area contributed by atoms with Gasteiger partial charge in [-0.1, -0.05) is 44.2 Å². The van der Waals surface area contributed by atoms with Crippen LogP contribution < -0.4 is 5.73 Å². The Labute approximate surface area is 159 Å². The van der Waals surface area contributed by atoms with Gasteiger partial charge in [-0.05, 0) is 31.0 Å². The zero-order chi connectivity index (χ0) is 19.0. The maximum atomic E-state index is 6.56. The Morgan fingerprint density at radius 2 is 2.00 bits per heavy atom. The first-order chi connectivity index (χ1) is 13.0. The van der Waals surface area contributed by atoms with Gasteiger partial charge in [-0.3, -0.25) is 0 Å². The second-order valence-corrected chi connectivity index (χ2v) is 7.41. The normalized spacial score (nSPS) is 28.0. The Hall–Kier alpha value is -2.44. The van der Waals surface area contributed by atoms with E-state index in [2.05, 4.69) is 43.0 Å². The number of rotatable bonds is 5. The molecule has 4 rings (SSSR count). The van der Waals surface area contributed by atoms with Gasteiger partial charge in [-0.15, -0.1) is 0 Å². The molecule has 1 aliphatic heterocycles. The number of fused-ring (bicyclic) bond motifs is 1. The summed E-state index contributed by atoms with van der Waals surface area (Å²) < 4.78 is 14.8. The van der Waals surface area contributed by atoms with Crippen LogP contribution >= 0.6 is 0 Å². The number of ether oxygens (including phenoxy) is 2. The third-order valence-corrected chi connectivity index (χ3v) is 5.67. The van der Waals surface area contributed by atoms with Crippen molar-refractivity contribution in [3.05, 3.63) is 60.0 Å². The molecule has 0 spiro atoms. The molecule has 3 heterocycles. The van der Waals surface area contributed by atoms with Crippen LogP contribution in [0.15, 0.2) is 48.8 Å². The van der Waals surface area contributed by atoms with Gasteiger partial charge in [0.15, 0.2) is 5.82 Å². The molecule has 6 nitrogen and oxygen atoms in total. The Bertz CT molecular complexity index is 926. The number of nitrogen functional groups attached to an aromatic ring is 1. The van der Waals surface area contributed by atoms with Crippen LogP contribution in [0.3, 0.4) is 0 Å². The molecule has 1 saturated heterocycles. The fraction of sp³-hybridized carbons (Fsp3) is 0.429. The third-order valence-electron chi connectivity index (χ3n) is 5.67. The molecule has 0 aliphatic carbocycles. The summed E-state index contributed by atoms with van der Waals surface area (Å²) in [5.74, 6) is 0.716.